The van der Waals surface area contributed by atoms with E-state index in [4.69, 9.17) is 0 Å². The molecule has 1 heterocycles. The van der Waals surface area contributed by atoms with Crippen molar-refractivity contribution in [3.8, 4) is 0 Å². The van der Waals surface area contributed by atoms with E-state index in [1.165, 1.54) is 0 Å². The van der Waals surface area contributed by atoms with Crippen molar-refractivity contribution in [3.63, 3.8) is 0 Å². The fraction of sp³-hybridized carbons (Fsp3) is 0.533. The fourth-order valence-corrected chi connectivity index (χ4v) is 3.33. The van der Waals surface area contributed by atoms with Crippen LogP contribution in [0.15, 0.2) is 21.4 Å². The minimum atomic E-state index is -0.507. The van der Waals surface area contributed by atoms with Crippen LogP contribution in [-0.2, 0) is 0 Å². The summed E-state index contributed by atoms with van der Waals surface area (Å²) in [6.07, 6.45) is 3.62. The minimum Gasteiger partial charge on any atom is -0.388 e. The number of imidazole rings is 1. The van der Waals surface area contributed by atoms with Crippen LogP contribution >= 0.6 is 15.9 Å². The van der Waals surface area contributed by atoms with Gasteiger partial charge in [-0.2, -0.15) is 0 Å². The third-order valence-corrected chi connectivity index (χ3v) is 4.40. The van der Waals surface area contributed by atoms with Crippen molar-refractivity contribution in [3.05, 3.63) is 32.7 Å². The number of rotatable bonds is 6. The number of benzene rings is 1. The molecule has 3 N–H and O–H groups in total. The lowest BCUT2D eigenvalue weighted by Gasteiger charge is -2.23. The SMILES string of the molecule is CCCC(CCC)C(O)c1cc2[nH]c(=O)[nH]c2cc1Br. The van der Waals surface area contributed by atoms with Gasteiger partial charge in [-0.3, -0.25) is 0 Å². The third-order valence-electron chi connectivity index (χ3n) is 3.72. The van der Waals surface area contributed by atoms with Crippen molar-refractivity contribution in [2.45, 2.75) is 45.6 Å². The van der Waals surface area contributed by atoms with E-state index in [2.05, 4.69) is 39.7 Å². The van der Waals surface area contributed by atoms with E-state index in [-0.39, 0.29) is 11.6 Å². The van der Waals surface area contributed by atoms with Crippen LogP contribution in [0.4, 0.5) is 0 Å². The van der Waals surface area contributed by atoms with Gasteiger partial charge in [0.2, 0.25) is 0 Å². The lowest BCUT2D eigenvalue weighted by Crippen LogP contribution is -2.13. The number of aliphatic hydroxyl groups excluding tert-OH is 1. The molecule has 0 radical (unpaired) electrons. The van der Waals surface area contributed by atoms with Crippen molar-refractivity contribution in [2.24, 2.45) is 5.92 Å². The summed E-state index contributed by atoms with van der Waals surface area (Å²) in [5, 5.41) is 10.7. The van der Waals surface area contributed by atoms with Gasteiger partial charge in [0.05, 0.1) is 17.1 Å². The van der Waals surface area contributed by atoms with Crippen LogP contribution in [-0.4, -0.2) is 15.1 Å². The summed E-state index contributed by atoms with van der Waals surface area (Å²) in [7, 11) is 0. The smallest absolute Gasteiger partial charge is 0.323 e. The Morgan fingerprint density at radius 2 is 1.70 bits per heavy atom. The van der Waals surface area contributed by atoms with Crippen LogP contribution in [0.2, 0.25) is 0 Å². The molecule has 2 aromatic rings. The standard InChI is InChI=1S/C15H21BrN2O2/c1-3-5-9(6-4-2)14(19)10-7-12-13(8-11(10)16)18-15(20)17-12/h7-9,14,19H,3-6H2,1-2H3,(H2,17,18,20). The summed E-state index contributed by atoms with van der Waals surface area (Å²) in [5.41, 5.74) is 2.11. The number of aromatic nitrogens is 2. The molecule has 0 spiro atoms. The maximum atomic E-state index is 11.3. The second-order valence-electron chi connectivity index (χ2n) is 5.28. The molecule has 4 nitrogen and oxygen atoms in total. The molecule has 0 amide bonds. The van der Waals surface area contributed by atoms with Crippen molar-refractivity contribution in [1.82, 2.24) is 9.97 Å². The highest BCUT2D eigenvalue weighted by atomic mass is 79.9. The lowest BCUT2D eigenvalue weighted by molar-refractivity contribution is 0.0959. The molecule has 1 aromatic heterocycles. The van der Waals surface area contributed by atoms with Crippen LogP contribution in [0, 0.1) is 5.92 Å². The van der Waals surface area contributed by atoms with E-state index in [0.717, 1.165) is 46.8 Å². The Labute approximate surface area is 126 Å². The van der Waals surface area contributed by atoms with Gasteiger partial charge in [-0.1, -0.05) is 42.6 Å². The number of aliphatic hydroxyl groups is 1. The Balaban J connectivity index is 2.38. The molecule has 20 heavy (non-hydrogen) atoms. The zero-order chi connectivity index (χ0) is 14.7. The van der Waals surface area contributed by atoms with E-state index in [1.807, 2.05) is 12.1 Å². The molecule has 0 aliphatic carbocycles. The number of fused-ring (bicyclic) bond motifs is 1. The highest BCUT2D eigenvalue weighted by Crippen LogP contribution is 2.35. The van der Waals surface area contributed by atoms with Crippen molar-refractivity contribution < 1.29 is 5.11 Å². The molecule has 0 saturated heterocycles. The highest BCUT2D eigenvalue weighted by Gasteiger charge is 2.22. The molecule has 1 aromatic carbocycles. The van der Waals surface area contributed by atoms with E-state index in [1.54, 1.807) is 0 Å². The molecule has 0 fully saturated rings. The van der Waals surface area contributed by atoms with Crippen molar-refractivity contribution in [2.75, 3.05) is 0 Å². The number of hydrogen-bond donors (Lipinski definition) is 3. The third kappa shape index (κ3) is 3.15. The second-order valence-corrected chi connectivity index (χ2v) is 6.14. The first-order valence-corrected chi connectivity index (χ1v) is 7.95. The van der Waals surface area contributed by atoms with Gasteiger partial charge in [-0.25, -0.2) is 4.79 Å². The first-order valence-electron chi connectivity index (χ1n) is 7.16. The highest BCUT2D eigenvalue weighted by molar-refractivity contribution is 9.10. The van der Waals surface area contributed by atoms with Gasteiger partial charge in [0.15, 0.2) is 0 Å². The molecule has 110 valence electrons. The normalized spacial score (nSPS) is 13.2. The number of halogens is 1. The maximum absolute atomic E-state index is 11.3. The number of hydrogen-bond acceptors (Lipinski definition) is 2. The zero-order valence-electron chi connectivity index (χ0n) is 11.9. The molecule has 2 rings (SSSR count). The van der Waals surface area contributed by atoms with Gasteiger partial charge in [0.1, 0.15) is 0 Å². The van der Waals surface area contributed by atoms with Crippen LogP contribution in [0.25, 0.3) is 11.0 Å². The van der Waals surface area contributed by atoms with Gasteiger partial charge in [0, 0.05) is 4.47 Å². The number of nitrogens with one attached hydrogen (secondary N) is 2. The minimum absolute atomic E-state index is 0.225. The van der Waals surface area contributed by atoms with Crippen molar-refractivity contribution in [1.29, 1.82) is 0 Å². The molecular weight excluding hydrogens is 320 g/mol. The largest absolute Gasteiger partial charge is 0.388 e. The Hall–Kier alpha value is -1.07. The molecular formula is C15H21BrN2O2. The van der Waals surface area contributed by atoms with Crippen LogP contribution in [0.1, 0.15) is 51.2 Å². The summed E-state index contributed by atoms with van der Waals surface area (Å²) in [6.45, 7) is 4.27. The Morgan fingerprint density at radius 1 is 1.15 bits per heavy atom. The Morgan fingerprint density at radius 3 is 2.25 bits per heavy atom. The number of aromatic amines is 2. The summed E-state index contributed by atoms with van der Waals surface area (Å²) in [4.78, 5) is 16.8. The topological polar surface area (TPSA) is 68.9 Å². The molecule has 0 aliphatic heterocycles. The summed E-state index contributed by atoms with van der Waals surface area (Å²) in [5.74, 6) is 0.254. The average Bonchev–Trinajstić information content (AvgIpc) is 2.76. The maximum Gasteiger partial charge on any atom is 0.323 e. The van der Waals surface area contributed by atoms with Crippen LogP contribution in [0.5, 0.6) is 0 Å². The molecule has 0 bridgehead atoms. The van der Waals surface area contributed by atoms with Gasteiger partial charge in [-0.15, -0.1) is 0 Å². The zero-order valence-corrected chi connectivity index (χ0v) is 13.5. The predicted octanol–water partition coefficient (Wildman–Crippen LogP) is 3.87. The van der Waals surface area contributed by atoms with E-state index in [9.17, 15) is 9.90 Å². The molecule has 1 unspecified atom stereocenters. The molecule has 0 saturated carbocycles. The van der Waals surface area contributed by atoms with Crippen molar-refractivity contribution >= 4 is 27.0 Å². The van der Waals surface area contributed by atoms with Gasteiger partial charge in [-0.05, 0) is 36.5 Å². The Kier molecular flexibility index (Phi) is 5.05. The van der Waals surface area contributed by atoms with E-state index >= 15 is 0 Å². The van der Waals surface area contributed by atoms with Crippen LogP contribution < -0.4 is 5.69 Å². The molecule has 1 atom stereocenters. The summed E-state index contributed by atoms with van der Waals surface area (Å²) < 4.78 is 0.838. The quantitative estimate of drug-likeness (QED) is 0.747. The monoisotopic (exact) mass is 340 g/mol. The Bertz CT molecular complexity index is 626. The van der Waals surface area contributed by atoms with Crippen LogP contribution in [0.3, 0.4) is 0 Å². The van der Waals surface area contributed by atoms with Gasteiger partial charge in [0.25, 0.3) is 0 Å². The fourth-order valence-electron chi connectivity index (χ4n) is 2.75. The first-order chi connectivity index (χ1) is 9.56. The molecule has 0 aliphatic rings. The first kappa shape index (κ1) is 15.3. The van der Waals surface area contributed by atoms with E-state index in [0.29, 0.717) is 0 Å². The average molecular weight is 341 g/mol. The summed E-state index contributed by atoms with van der Waals surface area (Å²) in [6, 6.07) is 3.71. The van der Waals surface area contributed by atoms with Gasteiger partial charge < -0.3 is 15.1 Å². The second kappa shape index (κ2) is 6.59. The summed E-state index contributed by atoms with van der Waals surface area (Å²) >= 11 is 3.50. The van der Waals surface area contributed by atoms with Gasteiger partial charge >= 0.3 is 5.69 Å². The lowest BCUT2D eigenvalue weighted by atomic mass is 9.88. The molecule has 5 heteroatoms. The number of H-pyrrole nitrogens is 2. The van der Waals surface area contributed by atoms with E-state index < -0.39 is 6.10 Å². The predicted molar refractivity (Wildman–Crippen MR) is 84.9 cm³/mol.